The molecule has 0 saturated heterocycles. The molecule has 0 atom stereocenters. The zero-order valence-electron chi connectivity index (χ0n) is 19.2. The highest BCUT2D eigenvalue weighted by Crippen LogP contribution is 2.28. The van der Waals surface area contributed by atoms with Gasteiger partial charge in [-0.25, -0.2) is 4.79 Å². The maximum atomic E-state index is 13.4. The van der Waals surface area contributed by atoms with Crippen molar-refractivity contribution >= 4 is 39.1 Å². The molecule has 3 aromatic heterocycles. The highest BCUT2D eigenvalue weighted by atomic mass is 79.9. The highest BCUT2D eigenvalue weighted by molar-refractivity contribution is 9.10. The summed E-state index contributed by atoms with van der Waals surface area (Å²) in [5, 5.41) is 19.7. The van der Waals surface area contributed by atoms with Gasteiger partial charge in [-0.15, -0.1) is 15.3 Å². The minimum atomic E-state index is -0.283. The lowest BCUT2D eigenvalue weighted by atomic mass is 10.2. The fourth-order valence-electron chi connectivity index (χ4n) is 3.98. The van der Waals surface area contributed by atoms with Crippen LogP contribution in [0.2, 0.25) is 10.0 Å². The summed E-state index contributed by atoms with van der Waals surface area (Å²) in [4.78, 5) is 13.4. The van der Waals surface area contributed by atoms with E-state index in [1.54, 1.807) is 22.8 Å². The number of H-pyrrole nitrogens is 1. The average Bonchev–Trinajstić information content (AvgIpc) is 3.59. The van der Waals surface area contributed by atoms with Gasteiger partial charge in [-0.05, 0) is 63.5 Å². The van der Waals surface area contributed by atoms with Crippen molar-refractivity contribution in [2.24, 2.45) is 0 Å². The fourth-order valence-corrected chi connectivity index (χ4v) is 4.96. The number of aromatic nitrogens is 8. The number of nitrogens with zero attached hydrogens (tertiary/aromatic N) is 7. The van der Waals surface area contributed by atoms with Crippen molar-refractivity contribution in [3.63, 3.8) is 0 Å². The first kappa shape index (κ1) is 24.5. The molecule has 36 heavy (non-hydrogen) atoms. The van der Waals surface area contributed by atoms with Crippen LogP contribution in [0.3, 0.4) is 0 Å². The molecule has 3 heterocycles. The Morgan fingerprint density at radius 2 is 1.83 bits per heavy atom. The number of aromatic amines is 1. The molecular weight excluding hydrogens is 567 g/mol. The first-order valence-electron chi connectivity index (χ1n) is 11.3. The Hall–Kier alpha value is -3.21. The monoisotopic (exact) mass is 586 g/mol. The van der Waals surface area contributed by atoms with Gasteiger partial charge in [0.15, 0.2) is 0 Å². The van der Waals surface area contributed by atoms with Crippen molar-refractivity contribution in [3.8, 4) is 22.9 Å². The Labute approximate surface area is 224 Å². The molecule has 0 aliphatic rings. The van der Waals surface area contributed by atoms with Crippen LogP contribution in [0.5, 0.6) is 0 Å². The third kappa shape index (κ3) is 4.76. The summed E-state index contributed by atoms with van der Waals surface area (Å²) in [6.07, 6.45) is 4.50. The molecule has 0 fully saturated rings. The smallest absolute Gasteiger partial charge is 0.313 e. The van der Waals surface area contributed by atoms with Gasteiger partial charge in [-0.3, -0.25) is 4.57 Å². The maximum absolute atomic E-state index is 13.4. The number of halogens is 3. The van der Waals surface area contributed by atoms with Crippen molar-refractivity contribution < 1.29 is 0 Å². The molecule has 0 aliphatic heterocycles. The minimum Gasteiger partial charge on any atom is -0.313 e. The van der Waals surface area contributed by atoms with E-state index in [0.29, 0.717) is 40.3 Å². The number of tetrazole rings is 1. The highest BCUT2D eigenvalue weighted by Gasteiger charge is 2.19. The van der Waals surface area contributed by atoms with Gasteiger partial charge in [0.25, 0.3) is 0 Å². The molecule has 0 amide bonds. The second-order valence-corrected chi connectivity index (χ2v) is 9.92. The molecule has 0 unspecified atom stereocenters. The van der Waals surface area contributed by atoms with E-state index in [1.807, 2.05) is 41.1 Å². The van der Waals surface area contributed by atoms with Gasteiger partial charge in [0.1, 0.15) is 11.5 Å². The number of hydrogen-bond acceptors (Lipinski definition) is 5. The van der Waals surface area contributed by atoms with E-state index in [0.717, 1.165) is 34.3 Å². The summed E-state index contributed by atoms with van der Waals surface area (Å²) >= 11 is 16.3. The van der Waals surface area contributed by atoms with E-state index in [1.165, 1.54) is 4.68 Å². The van der Waals surface area contributed by atoms with E-state index >= 15 is 0 Å². The molecule has 5 aromatic rings. The van der Waals surface area contributed by atoms with Crippen LogP contribution < -0.4 is 5.69 Å². The van der Waals surface area contributed by atoms with Crippen molar-refractivity contribution in [1.29, 1.82) is 0 Å². The second-order valence-electron chi connectivity index (χ2n) is 8.19. The average molecular weight is 588 g/mol. The summed E-state index contributed by atoms with van der Waals surface area (Å²) in [5.74, 6) is 1.18. The number of aryl methyl sites for hydroxylation is 1. The molecule has 9 nitrogen and oxygen atoms in total. The molecule has 5 rings (SSSR count). The summed E-state index contributed by atoms with van der Waals surface area (Å²) in [6.45, 7) is 2.47. The number of nitrogens with one attached hydrogen (secondary N) is 1. The van der Waals surface area contributed by atoms with E-state index in [9.17, 15) is 4.79 Å². The van der Waals surface area contributed by atoms with E-state index < -0.39 is 0 Å². The number of para-hydroxylation sites is 1. The quantitative estimate of drug-likeness (QED) is 0.260. The lowest BCUT2D eigenvalue weighted by Gasteiger charge is -2.09. The number of unbranched alkanes of at least 4 members (excludes halogenated alkanes) is 1. The Kier molecular flexibility index (Phi) is 7.08. The zero-order valence-corrected chi connectivity index (χ0v) is 22.3. The standard InChI is InChI=1S/C24H21BrCl2N8O/c1-2-3-7-21-30-35(22-18(26)5-4-6-19(22)27)24(36)34(21)13-15-8-10-17(11-9-15)33-14-16(25)12-20(33)23-28-31-32-29-23/h4-6,8-12,14H,2-3,7,13H2,1H3,(H,28,29,31,32). The molecule has 0 aliphatic carbocycles. The van der Waals surface area contributed by atoms with Crippen LogP contribution in [0, 0.1) is 0 Å². The van der Waals surface area contributed by atoms with Crippen molar-refractivity contribution in [3.05, 3.63) is 91.1 Å². The Bertz CT molecular complexity index is 1530. The van der Waals surface area contributed by atoms with Gasteiger partial charge in [0, 0.05) is 22.8 Å². The Morgan fingerprint density at radius 3 is 2.50 bits per heavy atom. The number of hydrogen-bond donors (Lipinski definition) is 1. The predicted octanol–water partition coefficient (Wildman–Crippen LogP) is 5.47. The first-order valence-corrected chi connectivity index (χ1v) is 12.8. The molecular formula is C24H21BrCl2N8O. The van der Waals surface area contributed by atoms with Gasteiger partial charge in [-0.2, -0.15) is 9.90 Å². The summed E-state index contributed by atoms with van der Waals surface area (Å²) in [5.41, 5.74) is 2.77. The second kappa shape index (κ2) is 10.4. The SMILES string of the molecule is CCCCc1nn(-c2c(Cl)cccc2Cl)c(=O)n1Cc1ccc(-n2cc(Br)cc2-c2nn[nH]n2)cc1. The van der Waals surface area contributed by atoms with Gasteiger partial charge in [0.2, 0.25) is 5.82 Å². The predicted molar refractivity (Wildman–Crippen MR) is 142 cm³/mol. The molecule has 2 aromatic carbocycles. The van der Waals surface area contributed by atoms with Crippen molar-refractivity contribution in [1.82, 2.24) is 39.5 Å². The topological polar surface area (TPSA) is 99.2 Å². The van der Waals surface area contributed by atoms with Crippen LogP contribution in [0.1, 0.15) is 31.2 Å². The van der Waals surface area contributed by atoms with Gasteiger partial charge in [-0.1, -0.05) is 54.7 Å². The van der Waals surface area contributed by atoms with Crippen LogP contribution in [-0.2, 0) is 13.0 Å². The van der Waals surface area contributed by atoms with Gasteiger partial charge in [0.05, 0.1) is 22.3 Å². The van der Waals surface area contributed by atoms with Gasteiger partial charge < -0.3 is 4.57 Å². The van der Waals surface area contributed by atoms with E-state index in [-0.39, 0.29) is 5.69 Å². The third-order valence-electron chi connectivity index (χ3n) is 5.76. The normalized spacial score (nSPS) is 11.3. The summed E-state index contributed by atoms with van der Waals surface area (Å²) in [6, 6.07) is 15.0. The molecule has 0 bridgehead atoms. The van der Waals surface area contributed by atoms with Crippen LogP contribution in [-0.4, -0.2) is 39.5 Å². The van der Waals surface area contributed by atoms with Crippen LogP contribution in [0.15, 0.2) is 64.0 Å². The number of benzene rings is 2. The molecule has 0 spiro atoms. The lowest BCUT2D eigenvalue weighted by Crippen LogP contribution is -2.25. The van der Waals surface area contributed by atoms with E-state index in [4.69, 9.17) is 23.2 Å². The van der Waals surface area contributed by atoms with Gasteiger partial charge >= 0.3 is 5.69 Å². The van der Waals surface area contributed by atoms with Crippen LogP contribution >= 0.6 is 39.1 Å². The Morgan fingerprint density at radius 1 is 1.08 bits per heavy atom. The largest absolute Gasteiger partial charge is 0.351 e. The molecule has 0 radical (unpaired) electrons. The third-order valence-corrected chi connectivity index (χ3v) is 6.80. The molecule has 1 N–H and O–H groups in total. The maximum Gasteiger partial charge on any atom is 0.351 e. The van der Waals surface area contributed by atoms with Crippen LogP contribution in [0.4, 0.5) is 0 Å². The van der Waals surface area contributed by atoms with Crippen LogP contribution in [0.25, 0.3) is 22.9 Å². The molecule has 0 saturated carbocycles. The molecule has 184 valence electrons. The minimum absolute atomic E-state index is 0.283. The van der Waals surface area contributed by atoms with E-state index in [2.05, 4.69) is 48.6 Å². The number of rotatable bonds is 8. The fraction of sp³-hybridized carbons (Fsp3) is 0.208. The van der Waals surface area contributed by atoms with Crippen molar-refractivity contribution in [2.75, 3.05) is 0 Å². The summed E-state index contributed by atoms with van der Waals surface area (Å²) in [7, 11) is 0. The Balaban J connectivity index is 1.49. The summed E-state index contributed by atoms with van der Waals surface area (Å²) < 4.78 is 5.85. The lowest BCUT2D eigenvalue weighted by molar-refractivity contribution is 0.666. The zero-order chi connectivity index (χ0) is 25.2. The first-order chi connectivity index (χ1) is 17.5. The van der Waals surface area contributed by atoms with Crippen molar-refractivity contribution in [2.45, 2.75) is 32.7 Å². The molecule has 12 heteroatoms.